The minimum Gasteiger partial charge on any atom is -0.368 e. The molecule has 0 aliphatic carbocycles. The van der Waals surface area contributed by atoms with Gasteiger partial charge in [0.2, 0.25) is 0 Å². The van der Waals surface area contributed by atoms with Crippen molar-refractivity contribution in [2.45, 2.75) is 19.1 Å². The highest BCUT2D eigenvalue weighted by molar-refractivity contribution is 7.98. The third-order valence-electron chi connectivity index (χ3n) is 2.37. The zero-order chi connectivity index (χ0) is 10.7. The molecule has 5 heteroatoms. The van der Waals surface area contributed by atoms with Gasteiger partial charge in [-0.25, -0.2) is 9.97 Å². The Morgan fingerprint density at radius 2 is 2.33 bits per heavy atom. The second kappa shape index (κ2) is 4.81. The fourth-order valence-electron chi connectivity index (χ4n) is 1.69. The molecule has 1 aliphatic rings. The van der Waals surface area contributed by atoms with Crippen LogP contribution < -0.4 is 11.1 Å². The van der Waals surface area contributed by atoms with Gasteiger partial charge >= 0.3 is 0 Å². The van der Waals surface area contributed by atoms with Gasteiger partial charge in [-0.2, -0.15) is 11.8 Å². The van der Waals surface area contributed by atoms with E-state index in [1.807, 2.05) is 18.7 Å². The number of rotatable bonds is 3. The first kappa shape index (κ1) is 10.7. The van der Waals surface area contributed by atoms with E-state index in [1.54, 1.807) is 0 Å². The Hall–Kier alpha value is -0.810. The van der Waals surface area contributed by atoms with E-state index in [0.29, 0.717) is 6.54 Å². The fourth-order valence-corrected chi connectivity index (χ4v) is 2.68. The van der Waals surface area contributed by atoms with E-state index in [-0.39, 0.29) is 0 Å². The molecule has 82 valence electrons. The van der Waals surface area contributed by atoms with Gasteiger partial charge in [0.1, 0.15) is 11.6 Å². The Bertz CT molecular complexity index is 354. The molecule has 0 spiro atoms. The topological polar surface area (TPSA) is 63.8 Å². The molecule has 3 N–H and O–H groups in total. The summed E-state index contributed by atoms with van der Waals surface area (Å²) >= 11 is 1.94. The van der Waals surface area contributed by atoms with Crippen molar-refractivity contribution in [3.8, 4) is 0 Å². The van der Waals surface area contributed by atoms with E-state index in [1.165, 1.54) is 17.0 Å². The SMILES string of the molecule is Cc1nc2c(c(NCCN)n1)CSCC2. The second-order valence-corrected chi connectivity index (χ2v) is 4.67. The molecule has 1 aromatic heterocycles. The lowest BCUT2D eigenvalue weighted by Gasteiger charge is -2.18. The zero-order valence-electron chi connectivity index (χ0n) is 8.92. The number of anilines is 1. The minimum atomic E-state index is 0.630. The van der Waals surface area contributed by atoms with E-state index in [2.05, 4.69) is 15.3 Å². The van der Waals surface area contributed by atoms with Gasteiger partial charge in [-0.1, -0.05) is 0 Å². The molecule has 0 atom stereocenters. The van der Waals surface area contributed by atoms with Crippen LogP contribution in [0.15, 0.2) is 0 Å². The summed E-state index contributed by atoms with van der Waals surface area (Å²) in [6, 6.07) is 0. The predicted molar refractivity (Wildman–Crippen MR) is 64.2 cm³/mol. The van der Waals surface area contributed by atoms with Crippen LogP contribution in [0.4, 0.5) is 5.82 Å². The predicted octanol–water partition coefficient (Wildman–Crippen LogP) is 0.945. The molecule has 0 radical (unpaired) electrons. The highest BCUT2D eigenvalue weighted by Gasteiger charge is 2.16. The first-order valence-corrected chi connectivity index (χ1v) is 6.35. The van der Waals surface area contributed by atoms with Crippen LogP contribution in [-0.2, 0) is 12.2 Å². The van der Waals surface area contributed by atoms with Gasteiger partial charge < -0.3 is 11.1 Å². The van der Waals surface area contributed by atoms with Gasteiger partial charge in [-0.05, 0) is 19.1 Å². The van der Waals surface area contributed by atoms with E-state index < -0.39 is 0 Å². The van der Waals surface area contributed by atoms with Crippen LogP contribution >= 0.6 is 11.8 Å². The molecule has 4 nitrogen and oxygen atoms in total. The third kappa shape index (κ3) is 2.41. The van der Waals surface area contributed by atoms with Crippen LogP contribution in [0.5, 0.6) is 0 Å². The highest BCUT2D eigenvalue weighted by Crippen LogP contribution is 2.27. The van der Waals surface area contributed by atoms with Gasteiger partial charge in [0.25, 0.3) is 0 Å². The van der Waals surface area contributed by atoms with Crippen molar-refractivity contribution in [3.05, 3.63) is 17.1 Å². The summed E-state index contributed by atoms with van der Waals surface area (Å²) < 4.78 is 0. The number of hydrogen-bond acceptors (Lipinski definition) is 5. The molecule has 0 unspecified atom stereocenters. The molecule has 0 bridgehead atoms. The van der Waals surface area contributed by atoms with Gasteiger partial charge in [0.05, 0.1) is 5.69 Å². The third-order valence-corrected chi connectivity index (χ3v) is 3.36. The molecule has 2 rings (SSSR count). The van der Waals surface area contributed by atoms with Crippen LogP contribution in [0.25, 0.3) is 0 Å². The van der Waals surface area contributed by atoms with Crippen molar-refractivity contribution in [3.63, 3.8) is 0 Å². The molecule has 0 fully saturated rings. The molecule has 0 saturated carbocycles. The summed E-state index contributed by atoms with van der Waals surface area (Å²) in [7, 11) is 0. The van der Waals surface area contributed by atoms with Crippen LogP contribution in [0, 0.1) is 6.92 Å². The fraction of sp³-hybridized carbons (Fsp3) is 0.600. The average Bonchev–Trinajstić information content (AvgIpc) is 2.25. The number of nitrogens with zero attached hydrogens (tertiary/aromatic N) is 2. The largest absolute Gasteiger partial charge is 0.368 e. The standard InChI is InChI=1S/C10H16N4S/c1-7-13-9-2-5-15-6-8(9)10(14-7)12-4-3-11/h2-6,11H2,1H3,(H,12,13,14). The first-order chi connectivity index (χ1) is 7.31. The smallest absolute Gasteiger partial charge is 0.134 e. The Kier molecular flexibility index (Phi) is 3.43. The normalized spacial score (nSPS) is 14.8. The summed E-state index contributed by atoms with van der Waals surface area (Å²) in [4.78, 5) is 8.92. The highest BCUT2D eigenvalue weighted by atomic mass is 32.2. The molecule has 1 aliphatic heterocycles. The number of nitrogens with one attached hydrogen (secondary N) is 1. The summed E-state index contributed by atoms with van der Waals surface area (Å²) in [5, 5.41) is 3.27. The number of aromatic nitrogens is 2. The summed E-state index contributed by atoms with van der Waals surface area (Å²) in [6.07, 6.45) is 1.06. The van der Waals surface area contributed by atoms with E-state index in [9.17, 15) is 0 Å². The summed E-state index contributed by atoms with van der Waals surface area (Å²) in [5.41, 5.74) is 7.96. The summed E-state index contributed by atoms with van der Waals surface area (Å²) in [5.74, 6) is 4.01. The van der Waals surface area contributed by atoms with E-state index in [0.717, 1.165) is 30.4 Å². The van der Waals surface area contributed by atoms with Crippen molar-refractivity contribution in [2.24, 2.45) is 5.73 Å². The van der Waals surface area contributed by atoms with Crippen LogP contribution in [0.1, 0.15) is 17.1 Å². The number of hydrogen-bond donors (Lipinski definition) is 2. The van der Waals surface area contributed by atoms with Crippen LogP contribution in [0.3, 0.4) is 0 Å². The Labute approximate surface area is 94.1 Å². The average molecular weight is 224 g/mol. The lowest BCUT2D eigenvalue weighted by atomic mass is 10.2. The number of aryl methyl sites for hydroxylation is 2. The molecule has 1 aromatic rings. The van der Waals surface area contributed by atoms with Crippen LogP contribution in [0.2, 0.25) is 0 Å². The maximum Gasteiger partial charge on any atom is 0.134 e. The number of thioether (sulfide) groups is 1. The minimum absolute atomic E-state index is 0.630. The summed E-state index contributed by atoms with van der Waals surface area (Å²) in [6.45, 7) is 3.34. The molecule has 2 heterocycles. The zero-order valence-corrected chi connectivity index (χ0v) is 9.73. The van der Waals surface area contributed by atoms with Crippen molar-refractivity contribution in [1.29, 1.82) is 0 Å². The van der Waals surface area contributed by atoms with Gasteiger partial charge in [-0.15, -0.1) is 0 Å². The number of fused-ring (bicyclic) bond motifs is 1. The monoisotopic (exact) mass is 224 g/mol. The van der Waals surface area contributed by atoms with Crippen molar-refractivity contribution in [1.82, 2.24) is 9.97 Å². The van der Waals surface area contributed by atoms with Crippen molar-refractivity contribution in [2.75, 3.05) is 24.2 Å². The lowest BCUT2D eigenvalue weighted by molar-refractivity contribution is 0.903. The maximum absolute atomic E-state index is 5.48. The first-order valence-electron chi connectivity index (χ1n) is 5.19. The number of nitrogens with two attached hydrogens (primary N) is 1. The van der Waals surface area contributed by atoms with Gasteiger partial charge in [-0.3, -0.25) is 0 Å². The molecule has 0 aromatic carbocycles. The molecule has 15 heavy (non-hydrogen) atoms. The maximum atomic E-state index is 5.48. The second-order valence-electron chi connectivity index (χ2n) is 3.56. The van der Waals surface area contributed by atoms with Gasteiger partial charge in [0.15, 0.2) is 0 Å². The van der Waals surface area contributed by atoms with Gasteiger partial charge in [0, 0.05) is 24.4 Å². The van der Waals surface area contributed by atoms with E-state index in [4.69, 9.17) is 5.73 Å². The molecule has 0 amide bonds. The molecular weight excluding hydrogens is 208 g/mol. The van der Waals surface area contributed by atoms with Crippen molar-refractivity contribution < 1.29 is 0 Å². The van der Waals surface area contributed by atoms with Crippen LogP contribution in [-0.4, -0.2) is 28.8 Å². The molecule has 0 saturated heterocycles. The molecular formula is C10H16N4S. The lowest BCUT2D eigenvalue weighted by Crippen LogP contribution is -2.18. The Morgan fingerprint density at radius 1 is 1.47 bits per heavy atom. The van der Waals surface area contributed by atoms with E-state index >= 15 is 0 Å². The Morgan fingerprint density at radius 3 is 3.13 bits per heavy atom. The quantitative estimate of drug-likeness (QED) is 0.800. The Balaban J connectivity index is 2.30. The van der Waals surface area contributed by atoms with Crippen molar-refractivity contribution >= 4 is 17.6 Å².